The molecule has 1 saturated carbocycles. The molecule has 26 heavy (non-hydrogen) atoms. The van der Waals surface area contributed by atoms with Crippen molar-refractivity contribution in [1.82, 2.24) is 30.0 Å². The molecule has 9 heteroatoms. The van der Waals surface area contributed by atoms with Crippen molar-refractivity contribution in [3.05, 3.63) is 30.1 Å². The molecule has 1 N–H and O–H groups in total. The SMILES string of the molecule is Cc1ccc(NC(=O)N2CCN(C(=O)C3CC3)CC2)cc1-n1cnnn1. The van der Waals surface area contributed by atoms with Crippen molar-refractivity contribution in [3.63, 3.8) is 0 Å². The number of anilines is 1. The van der Waals surface area contributed by atoms with E-state index in [9.17, 15) is 9.59 Å². The van der Waals surface area contributed by atoms with Crippen molar-refractivity contribution in [2.75, 3.05) is 31.5 Å². The van der Waals surface area contributed by atoms with Gasteiger partial charge in [-0.15, -0.1) is 5.10 Å². The molecule has 1 aromatic carbocycles. The van der Waals surface area contributed by atoms with E-state index < -0.39 is 0 Å². The van der Waals surface area contributed by atoms with Crippen LogP contribution < -0.4 is 5.32 Å². The van der Waals surface area contributed by atoms with Gasteiger partial charge < -0.3 is 15.1 Å². The number of tetrazole rings is 1. The molecule has 4 rings (SSSR count). The summed E-state index contributed by atoms with van der Waals surface area (Å²) in [6.07, 6.45) is 3.54. The van der Waals surface area contributed by atoms with Crippen molar-refractivity contribution in [2.45, 2.75) is 19.8 Å². The number of carbonyl (C=O) groups is 2. The molecule has 1 saturated heterocycles. The van der Waals surface area contributed by atoms with Gasteiger partial charge in [0.25, 0.3) is 0 Å². The Balaban J connectivity index is 1.38. The molecule has 0 radical (unpaired) electrons. The number of aromatic nitrogens is 4. The van der Waals surface area contributed by atoms with Crippen LogP contribution in [0.1, 0.15) is 18.4 Å². The monoisotopic (exact) mass is 355 g/mol. The zero-order valence-electron chi connectivity index (χ0n) is 14.6. The van der Waals surface area contributed by atoms with Gasteiger partial charge in [0.15, 0.2) is 0 Å². The Morgan fingerprint density at radius 1 is 1.12 bits per heavy atom. The highest BCUT2D eigenvalue weighted by atomic mass is 16.2. The van der Waals surface area contributed by atoms with Gasteiger partial charge in [-0.3, -0.25) is 4.79 Å². The summed E-state index contributed by atoms with van der Waals surface area (Å²) in [5.74, 6) is 0.474. The fourth-order valence-corrected chi connectivity index (χ4v) is 3.13. The molecular weight excluding hydrogens is 334 g/mol. The molecular formula is C17H21N7O2. The first-order valence-corrected chi connectivity index (χ1v) is 8.80. The Hall–Kier alpha value is -2.97. The molecule has 2 aromatic rings. The minimum absolute atomic E-state index is 0.157. The van der Waals surface area contributed by atoms with Crippen LogP contribution in [0.3, 0.4) is 0 Å². The first-order valence-electron chi connectivity index (χ1n) is 8.80. The van der Waals surface area contributed by atoms with Gasteiger partial charge in [-0.1, -0.05) is 6.07 Å². The topological polar surface area (TPSA) is 96.2 Å². The third-order valence-electron chi connectivity index (χ3n) is 4.86. The van der Waals surface area contributed by atoms with E-state index in [0.717, 1.165) is 24.1 Å². The lowest BCUT2D eigenvalue weighted by Gasteiger charge is -2.34. The van der Waals surface area contributed by atoms with E-state index in [1.807, 2.05) is 30.0 Å². The quantitative estimate of drug-likeness (QED) is 0.888. The molecule has 1 aliphatic carbocycles. The maximum absolute atomic E-state index is 12.5. The fourth-order valence-electron chi connectivity index (χ4n) is 3.13. The van der Waals surface area contributed by atoms with Gasteiger partial charge in [0, 0.05) is 37.8 Å². The summed E-state index contributed by atoms with van der Waals surface area (Å²) in [6, 6.07) is 5.46. The molecule has 0 atom stereocenters. The smallest absolute Gasteiger partial charge is 0.321 e. The maximum atomic E-state index is 12.5. The van der Waals surface area contributed by atoms with Crippen molar-refractivity contribution >= 4 is 17.6 Å². The molecule has 1 aromatic heterocycles. The van der Waals surface area contributed by atoms with Gasteiger partial charge >= 0.3 is 6.03 Å². The third-order valence-corrected chi connectivity index (χ3v) is 4.86. The molecule has 1 aliphatic heterocycles. The summed E-state index contributed by atoms with van der Waals surface area (Å²) in [6.45, 7) is 4.27. The second kappa shape index (κ2) is 6.74. The number of nitrogens with zero attached hydrogens (tertiary/aromatic N) is 6. The molecule has 0 unspecified atom stereocenters. The molecule has 3 amide bonds. The van der Waals surface area contributed by atoms with Crippen molar-refractivity contribution in [3.8, 4) is 5.69 Å². The van der Waals surface area contributed by atoms with Crippen molar-refractivity contribution in [2.24, 2.45) is 5.92 Å². The number of urea groups is 1. The van der Waals surface area contributed by atoms with Crippen LogP contribution in [0.25, 0.3) is 5.69 Å². The molecule has 2 fully saturated rings. The Labute approximate surface area is 151 Å². The predicted molar refractivity (Wildman–Crippen MR) is 93.8 cm³/mol. The lowest BCUT2D eigenvalue weighted by molar-refractivity contribution is -0.133. The summed E-state index contributed by atoms with van der Waals surface area (Å²) < 4.78 is 1.56. The van der Waals surface area contributed by atoms with Crippen LogP contribution >= 0.6 is 0 Å². The lowest BCUT2D eigenvalue weighted by Crippen LogP contribution is -2.52. The first-order chi connectivity index (χ1) is 12.6. The lowest BCUT2D eigenvalue weighted by atomic mass is 10.2. The van der Waals surface area contributed by atoms with Gasteiger partial charge in [0.2, 0.25) is 5.91 Å². The van der Waals surface area contributed by atoms with E-state index in [4.69, 9.17) is 0 Å². The van der Waals surface area contributed by atoms with Crippen LogP contribution in [0.4, 0.5) is 10.5 Å². The standard InChI is InChI=1S/C17H21N7O2/c1-12-2-5-14(10-15(12)24-11-18-20-21-24)19-17(26)23-8-6-22(7-9-23)16(25)13-3-4-13/h2,5,10-11,13H,3-4,6-9H2,1H3,(H,19,26). The summed E-state index contributed by atoms with van der Waals surface area (Å²) >= 11 is 0. The van der Waals surface area contributed by atoms with Crippen LogP contribution in [0, 0.1) is 12.8 Å². The zero-order chi connectivity index (χ0) is 18.1. The first kappa shape index (κ1) is 16.5. The summed E-state index contributed by atoms with van der Waals surface area (Å²) in [4.78, 5) is 28.3. The Morgan fingerprint density at radius 3 is 2.50 bits per heavy atom. The van der Waals surface area contributed by atoms with Gasteiger partial charge in [-0.05, 0) is 47.9 Å². The minimum Gasteiger partial charge on any atom is -0.339 e. The number of hydrogen-bond acceptors (Lipinski definition) is 5. The molecule has 9 nitrogen and oxygen atoms in total. The highest BCUT2D eigenvalue weighted by molar-refractivity contribution is 5.90. The molecule has 0 spiro atoms. The number of rotatable bonds is 3. The number of nitrogens with one attached hydrogen (secondary N) is 1. The summed E-state index contributed by atoms with van der Waals surface area (Å²) in [5, 5.41) is 14.1. The number of amides is 3. The number of benzene rings is 1. The van der Waals surface area contributed by atoms with Gasteiger partial charge in [-0.25, -0.2) is 9.48 Å². The average Bonchev–Trinajstić information content (AvgIpc) is 3.37. The van der Waals surface area contributed by atoms with Crippen molar-refractivity contribution in [1.29, 1.82) is 0 Å². The van der Waals surface area contributed by atoms with Crippen LogP contribution in [-0.4, -0.2) is 68.1 Å². The third kappa shape index (κ3) is 3.37. The van der Waals surface area contributed by atoms with E-state index in [-0.39, 0.29) is 17.9 Å². The van der Waals surface area contributed by atoms with E-state index in [1.165, 1.54) is 6.33 Å². The molecule has 2 heterocycles. The second-order valence-corrected chi connectivity index (χ2v) is 6.77. The van der Waals surface area contributed by atoms with Crippen LogP contribution in [0.2, 0.25) is 0 Å². The Bertz CT molecular complexity index is 809. The van der Waals surface area contributed by atoms with Gasteiger partial charge in [0.1, 0.15) is 6.33 Å². The Kier molecular flexibility index (Phi) is 4.27. The second-order valence-electron chi connectivity index (χ2n) is 6.77. The number of piperazine rings is 1. The van der Waals surface area contributed by atoms with Crippen LogP contribution in [0.15, 0.2) is 24.5 Å². The molecule has 2 aliphatic rings. The highest BCUT2D eigenvalue weighted by Gasteiger charge is 2.35. The van der Waals surface area contributed by atoms with Crippen molar-refractivity contribution < 1.29 is 9.59 Å². The van der Waals surface area contributed by atoms with E-state index in [0.29, 0.717) is 31.9 Å². The largest absolute Gasteiger partial charge is 0.339 e. The predicted octanol–water partition coefficient (Wildman–Crippen LogP) is 1.06. The zero-order valence-corrected chi connectivity index (χ0v) is 14.6. The van der Waals surface area contributed by atoms with Gasteiger partial charge in [-0.2, -0.15) is 0 Å². The van der Waals surface area contributed by atoms with E-state index in [1.54, 1.807) is 9.58 Å². The van der Waals surface area contributed by atoms with Gasteiger partial charge in [0.05, 0.1) is 5.69 Å². The molecule has 136 valence electrons. The summed E-state index contributed by atoms with van der Waals surface area (Å²) in [7, 11) is 0. The normalized spacial score (nSPS) is 17.3. The van der Waals surface area contributed by atoms with E-state index >= 15 is 0 Å². The number of aryl methyl sites for hydroxylation is 1. The number of hydrogen-bond donors (Lipinski definition) is 1. The summed E-state index contributed by atoms with van der Waals surface area (Å²) in [5.41, 5.74) is 2.50. The molecule has 0 bridgehead atoms. The van der Waals surface area contributed by atoms with E-state index in [2.05, 4.69) is 20.8 Å². The Morgan fingerprint density at radius 2 is 1.85 bits per heavy atom. The maximum Gasteiger partial charge on any atom is 0.321 e. The fraction of sp³-hybridized carbons (Fsp3) is 0.471. The van der Waals surface area contributed by atoms with Crippen LogP contribution in [0.5, 0.6) is 0 Å². The minimum atomic E-state index is -0.157. The number of carbonyl (C=O) groups excluding carboxylic acids is 2. The van der Waals surface area contributed by atoms with Crippen LogP contribution in [-0.2, 0) is 4.79 Å². The average molecular weight is 355 g/mol. The highest BCUT2D eigenvalue weighted by Crippen LogP contribution is 2.31.